The van der Waals surface area contributed by atoms with Gasteiger partial charge in [0.25, 0.3) is 0 Å². The van der Waals surface area contributed by atoms with Crippen molar-refractivity contribution in [1.82, 2.24) is 9.88 Å². The van der Waals surface area contributed by atoms with Gasteiger partial charge in [0, 0.05) is 24.4 Å². The van der Waals surface area contributed by atoms with E-state index in [1.54, 1.807) is 0 Å². The summed E-state index contributed by atoms with van der Waals surface area (Å²) >= 11 is 1.45. The highest BCUT2D eigenvalue weighted by Gasteiger charge is 2.27. The van der Waals surface area contributed by atoms with Crippen LogP contribution >= 0.6 is 11.3 Å². The van der Waals surface area contributed by atoms with Crippen LogP contribution in [0.25, 0.3) is 0 Å². The zero-order valence-corrected chi connectivity index (χ0v) is 12.7. The van der Waals surface area contributed by atoms with E-state index in [1.807, 2.05) is 10.3 Å². The highest BCUT2D eigenvalue weighted by atomic mass is 32.2. The van der Waals surface area contributed by atoms with E-state index in [2.05, 4.69) is 10.3 Å². The minimum atomic E-state index is -2.89. The Hall–Kier alpha value is -0.990. The molecule has 0 spiro atoms. The number of carbonyl (C=O) groups is 1. The van der Waals surface area contributed by atoms with Gasteiger partial charge in [0.15, 0.2) is 15.0 Å². The van der Waals surface area contributed by atoms with Gasteiger partial charge >= 0.3 is 0 Å². The summed E-state index contributed by atoms with van der Waals surface area (Å²) in [6.45, 7) is 1.09. The fraction of sp³-hybridized carbons (Fsp3) is 0.667. The fourth-order valence-electron chi connectivity index (χ4n) is 2.18. The van der Waals surface area contributed by atoms with Gasteiger partial charge < -0.3 is 5.32 Å². The van der Waals surface area contributed by atoms with Crippen LogP contribution in [0.15, 0.2) is 5.38 Å². The zero-order valence-electron chi connectivity index (χ0n) is 11.0. The van der Waals surface area contributed by atoms with Crippen LogP contribution < -0.4 is 5.32 Å². The Bertz CT molecular complexity index is 593. The highest BCUT2D eigenvalue weighted by Crippen LogP contribution is 2.40. The molecule has 8 heteroatoms. The molecule has 1 aromatic heterocycles. The molecule has 0 aromatic carbocycles. The molecule has 1 saturated heterocycles. The average Bonchev–Trinajstić information content (AvgIpc) is 3.14. The molecule has 0 bridgehead atoms. The number of amides is 1. The molecular formula is C12H17N3O3S2. The Labute approximate surface area is 122 Å². The number of anilines is 1. The lowest BCUT2D eigenvalue weighted by molar-refractivity contribution is -0.117. The van der Waals surface area contributed by atoms with Crippen LogP contribution in [0.1, 0.15) is 24.5 Å². The maximum atomic E-state index is 11.9. The van der Waals surface area contributed by atoms with E-state index in [4.69, 9.17) is 0 Å². The third-order valence-electron chi connectivity index (χ3n) is 3.57. The van der Waals surface area contributed by atoms with Crippen molar-refractivity contribution in [2.24, 2.45) is 0 Å². The van der Waals surface area contributed by atoms with E-state index in [0.717, 1.165) is 5.69 Å². The van der Waals surface area contributed by atoms with E-state index in [0.29, 0.717) is 24.1 Å². The molecule has 1 amide bonds. The maximum Gasteiger partial charge on any atom is 0.240 e. The number of hydrogen-bond donors (Lipinski definition) is 1. The summed E-state index contributed by atoms with van der Waals surface area (Å²) in [6.07, 6.45) is 2.39. The van der Waals surface area contributed by atoms with E-state index in [9.17, 15) is 13.2 Å². The van der Waals surface area contributed by atoms with Gasteiger partial charge in [0.2, 0.25) is 5.91 Å². The largest absolute Gasteiger partial charge is 0.301 e. The maximum absolute atomic E-state index is 11.9. The number of thiazole rings is 1. The Morgan fingerprint density at radius 3 is 2.75 bits per heavy atom. The minimum Gasteiger partial charge on any atom is -0.301 e. The first-order valence-electron chi connectivity index (χ1n) is 6.70. The second kappa shape index (κ2) is 5.42. The standard InChI is InChI=1S/C12H17N3O3S2/c16-11(7-15-3-5-20(17,18)6-4-15)14-12-13-10(8-19-12)9-1-2-9/h8-9H,1-7H2,(H,13,14,16). The highest BCUT2D eigenvalue weighted by molar-refractivity contribution is 7.91. The molecule has 6 nitrogen and oxygen atoms in total. The van der Waals surface area contributed by atoms with Crippen molar-refractivity contribution in [3.05, 3.63) is 11.1 Å². The summed E-state index contributed by atoms with van der Waals surface area (Å²) in [4.78, 5) is 18.2. The van der Waals surface area contributed by atoms with Crippen molar-refractivity contribution in [1.29, 1.82) is 0 Å². The molecular weight excluding hydrogens is 298 g/mol. The summed E-state index contributed by atoms with van der Waals surface area (Å²) in [5, 5.41) is 5.43. The van der Waals surface area contributed by atoms with Gasteiger partial charge in [-0.05, 0) is 12.8 Å². The van der Waals surface area contributed by atoms with Crippen molar-refractivity contribution in [3.8, 4) is 0 Å². The predicted octanol–water partition coefficient (Wildman–Crippen LogP) is 0.689. The van der Waals surface area contributed by atoms with E-state index in [-0.39, 0.29) is 24.0 Å². The van der Waals surface area contributed by atoms with Crippen molar-refractivity contribution in [2.45, 2.75) is 18.8 Å². The zero-order chi connectivity index (χ0) is 14.2. The van der Waals surface area contributed by atoms with Gasteiger partial charge in [-0.3, -0.25) is 9.69 Å². The quantitative estimate of drug-likeness (QED) is 0.884. The summed E-state index contributed by atoms with van der Waals surface area (Å²) in [5.41, 5.74) is 1.08. The minimum absolute atomic E-state index is 0.124. The van der Waals surface area contributed by atoms with Crippen LogP contribution in [0.2, 0.25) is 0 Å². The lowest BCUT2D eigenvalue weighted by Gasteiger charge is -2.25. The number of aromatic nitrogens is 1. The summed E-state index contributed by atoms with van der Waals surface area (Å²) in [5.74, 6) is 0.748. The molecule has 3 rings (SSSR count). The van der Waals surface area contributed by atoms with Gasteiger partial charge in [-0.1, -0.05) is 0 Å². The molecule has 110 valence electrons. The Morgan fingerprint density at radius 1 is 1.40 bits per heavy atom. The molecule has 20 heavy (non-hydrogen) atoms. The Kier molecular flexibility index (Phi) is 3.78. The second-order valence-corrected chi connectivity index (χ2v) is 8.49. The molecule has 1 aliphatic heterocycles. The third-order valence-corrected chi connectivity index (χ3v) is 5.95. The molecule has 0 radical (unpaired) electrons. The number of nitrogens with one attached hydrogen (secondary N) is 1. The van der Waals surface area contributed by atoms with Crippen molar-refractivity contribution < 1.29 is 13.2 Å². The monoisotopic (exact) mass is 315 g/mol. The topological polar surface area (TPSA) is 79.4 Å². The van der Waals surface area contributed by atoms with Gasteiger partial charge in [0.1, 0.15) is 0 Å². The Balaban J connectivity index is 1.49. The molecule has 1 aromatic rings. The molecule has 0 atom stereocenters. The van der Waals surface area contributed by atoms with Gasteiger partial charge in [-0.25, -0.2) is 13.4 Å². The summed E-state index contributed by atoms with van der Waals surface area (Å²) in [7, 11) is -2.89. The van der Waals surface area contributed by atoms with Crippen LogP contribution in [0.3, 0.4) is 0 Å². The van der Waals surface area contributed by atoms with Crippen molar-refractivity contribution >= 4 is 32.2 Å². The average molecular weight is 315 g/mol. The number of rotatable bonds is 4. The fourth-order valence-corrected chi connectivity index (χ4v) is 4.27. The molecule has 1 saturated carbocycles. The lowest BCUT2D eigenvalue weighted by Crippen LogP contribution is -2.43. The number of carbonyl (C=O) groups excluding carboxylic acids is 1. The molecule has 2 fully saturated rings. The van der Waals surface area contributed by atoms with Crippen LogP contribution in [0.4, 0.5) is 5.13 Å². The first-order valence-corrected chi connectivity index (χ1v) is 9.40. The van der Waals surface area contributed by atoms with Crippen LogP contribution in [-0.4, -0.2) is 55.3 Å². The second-order valence-electron chi connectivity index (χ2n) is 5.33. The summed E-state index contributed by atoms with van der Waals surface area (Å²) < 4.78 is 22.6. The van der Waals surface area contributed by atoms with Crippen LogP contribution in [0, 0.1) is 0 Å². The first-order chi connectivity index (χ1) is 9.52. The number of sulfone groups is 1. The van der Waals surface area contributed by atoms with Crippen LogP contribution in [-0.2, 0) is 14.6 Å². The van der Waals surface area contributed by atoms with E-state index in [1.165, 1.54) is 24.2 Å². The lowest BCUT2D eigenvalue weighted by atomic mass is 10.3. The molecule has 2 heterocycles. The molecule has 1 aliphatic carbocycles. The normalized spacial score (nSPS) is 22.6. The SMILES string of the molecule is O=C(CN1CCS(=O)(=O)CC1)Nc1nc(C2CC2)cs1. The summed E-state index contributed by atoms with van der Waals surface area (Å²) in [6, 6.07) is 0. The molecule has 1 N–H and O–H groups in total. The molecule has 2 aliphatic rings. The van der Waals surface area contributed by atoms with Crippen molar-refractivity contribution in [3.63, 3.8) is 0 Å². The Morgan fingerprint density at radius 2 is 2.10 bits per heavy atom. The van der Waals surface area contributed by atoms with Crippen LogP contribution in [0.5, 0.6) is 0 Å². The van der Waals surface area contributed by atoms with E-state index >= 15 is 0 Å². The number of nitrogens with zero attached hydrogens (tertiary/aromatic N) is 2. The van der Waals surface area contributed by atoms with Crippen molar-refractivity contribution in [2.75, 3.05) is 36.5 Å². The van der Waals surface area contributed by atoms with Gasteiger partial charge in [-0.15, -0.1) is 11.3 Å². The number of hydrogen-bond acceptors (Lipinski definition) is 6. The van der Waals surface area contributed by atoms with E-state index < -0.39 is 9.84 Å². The first kappa shape index (κ1) is 14.0. The predicted molar refractivity (Wildman–Crippen MR) is 77.8 cm³/mol. The molecule has 0 unspecified atom stereocenters. The van der Waals surface area contributed by atoms with Gasteiger partial charge in [-0.2, -0.15) is 0 Å². The smallest absolute Gasteiger partial charge is 0.240 e. The third kappa shape index (κ3) is 3.56. The van der Waals surface area contributed by atoms with Gasteiger partial charge in [0.05, 0.1) is 23.7 Å².